The minimum Gasteiger partial charge on any atom is -0.305 e. The fourth-order valence-corrected chi connectivity index (χ4v) is 0.949. The zero-order valence-electron chi connectivity index (χ0n) is 7.95. The summed E-state index contributed by atoms with van der Waals surface area (Å²) >= 11 is 0. The predicted molar refractivity (Wildman–Crippen MR) is 52.2 cm³/mol. The van der Waals surface area contributed by atoms with Gasteiger partial charge >= 0.3 is 0 Å². The Labute approximate surface area is 78.5 Å². The monoisotopic (exact) mass is 178 g/mol. The first kappa shape index (κ1) is 11.6. The van der Waals surface area contributed by atoms with Crippen molar-refractivity contribution in [2.75, 3.05) is 14.1 Å². The average Bonchev–Trinajstić information content (AvgIpc) is 2.06. The van der Waals surface area contributed by atoms with Crippen LogP contribution in [-0.4, -0.2) is 25.1 Å². The van der Waals surface area contributed by atoms with Gasteiger partial charge in [0.2, 0.25) is 6.08 Å². The van der Waals surface area contributed by atoms with Crippen molar-refractivity contribution in [1.82, 2.24) is 4.90 Å². The molecule has 1 aromatic carbocycles. The summed E-state index contributed by atoms with van der Waals surface area (Å²) in [5.41, 5.74) is 1.37. The van der Waals surface area contributed by atoms with Gasteiger partial charge in [-0.15, -0.1) is 0 Å². The second kappa shape index (κ2) is 7.22. The summed E-state index contributed by atoms with van der Waals surface area (Å²) in [6.45, 7) is 1.03. The molecule has 1 rings (SSSR count). The molecule has 0 unspecified atom stereocenters. The van der Waals surface area contributed by atoms with E-state index in [9.17, 15) is 0 Å². The Bertz CT molecular complexity index is 251. The molecule has 0 saturated carbocycles. The molecule has 0 fully saturated rings. The van der Waals surface area contributed by atoms with Crippen LogP contribution < -0.4 is 0 Å². The highest BCUT2D eigenvalue weighted by Crippen LogP contribution is 1.99. The van der Waals surface area contributed by atoms with Crippen molar-refractivity contribution in [3.8, 4) is 0 Å². The van der Waals surface area contributed by atoms with E-state index in [-0.39, 0.29) is 0 Å². The third-order valence-corrected chi connectivity index (χ3v) is 1.34. The molecule has 0 spiro atoms. The second-order valence-electron chi connectivity index (χ2n) is 2.83. The summed E-state index contributed by atoms with van der Waals surface area (Å²) in [6.07, 6.45) is 0.750. The van der Waals surface area contributed by atoms with E-state index < -0.39 is 0 Å². The minimum atomic E-state index is 0.750. The largest absolute Gasteiger partial charge is 0.305 e. The maximum atomic E-state index is 8.35. The molecule has 3 nitrogen and oxygen atoms in total. The Morgan fingerprint density at radius 2 is 1.77 bits per heavy atom. The zero-order valence-corrected chi connectivity index (χ0v) is 7.95. The maximum absolute atomic E-state index is 8.35. The van der Waals surface area contributed by atoms with E-state index in [0.717, 1.165) is 12.6 Å². The number of hydrogen-bond donors (Lipinski definition) is 1. The van der Waals surface area contributed by atoms with Crippen LogP contribution >= 0.6 is 0 Å². The predicted octanol–water partition coefficient (Wildman–Crippen LogP) is 1.65. The summed E-state index contributed by atoms with van der Waals surface area (Å²) in [4.78, 5) is 10.5. The lowest BCUT2D eigenvalue weighted by atomic mass is 10.2. The van der Waals surface area contributed by atoms with E-state index in [1.807, 2.05) is 6.07 Å². The van der Waals surface area contributed by atoms with Crippen LogP contribution in [0.2, 0.25) is 0 Å². The number of nitrogens with zero attached hydrogens (tertiary/aromatic N) is 1. The first-order valence-electron chi connectivity index (χ1n) is 3.93. The van der Waals surface area contributed by atoms with E-state index in [1.165, 1.54) is 5.56 Å². The third kappa shape index (κ3) is 6.94. The average molecular weight is 178 g/mol. The molecule has 0 aliphatic heterocycles. The molecule has 0 bridgehead atoms. The Morgan fingerprint density at radius 1 is 1.31 bits per heavy atom. The van der Waals surface area contributed by atoms with Crippen LogP contribution in [0.5, 0.6) is 0 Å². The lowest BCUT2D eigenvalue weighted by Crippen LogP contribution is -2.10. The van der Waals surface area contributed by atoms with Gasteiger partial charge in [-0.25, -0.2) is 10.2 Å². The summed E-state index contributed by atoms with van der Waals surface area (Å²) in [6, 6.07) is 10.5. The number of nitrogens with one attached hydrogen (secondary N) is 1. The maximum Gasteiger partial charge on any atom is 0.231 e. The molecule has 0 aliphatic rings. The quantitative estimate of drug-likeness (QED) is 0.552. The molecule has 70 valence electrons. The van der Waals surface area contributed by atoms with E-state index in [1.54, 1.807) is 0 Å². The fourth-order valence-electron chi connectivity index (χ4n) is 0.949. The van der Waals surface area contributed by atoms with Crippen LogP contribution in [0.25, 0.3) is 0 Å². The Balaban J connectivity index is 0.000000424. The Hall–Kier alpha value is -1.44. The van der Waals surface area contributed by atoms with Crippen LogP contribution in [-0.2, 0) is 11.3 Å². The van der Waals surface area contributed by atoms with Gasteiger partial charge in [0.05, 0.1) is 0 Å². The first-order valence-corrected chi connectivity index (χ1v) is 3.93. The van der Waals surface area contributed by atoms with Crippen molar-refractivity contribution in [2.45, 2.75) is 6.54 Å². The van der Waals surface area contributed by atoms with Crippen LogP contribution in [0.3, 0.4) is 0 Å². The van der Waals surface area contributed by atoms with Crippen molar-refractivity contribution >= 4 is 6.08 Å². The van der Waals surface area contributed by atoms with Gasteiger partial charge in [0, 0.05) is 6.54 Å². The van der Waals surface area contributed by atoms with Gasteiger partial charge in [0.1, 0.15) is 0 Å². The molecule has 13 heavy (non-hydrogen) atoms. The highest BCUT2D eigenvalue weighted by Gasteiger charge is 1.90. The topological polar surface area (TPSA) is 44.2 Å². The normalized spacial score (nSPS) is 8.54. The molecule has 0 heterocycles. The molecular formula is C10H14N2O. The highest BCUT2D eigenvalue weighted by molar-refractivity contribution is 5.26. The number of isocyanates is 1. The second-order valence-corrected chi connectivity index (χ2v) is 2.83. The lowest BCUT2D eigenvalue weighted by molar-refractivity contribution is 0.402. The van der Waals surface area contributed by atoms with Gasteiger partial charge in [0.25, 0.3) is 0 Å². The number of benzene rings is 1. The fraction of sp³-hybridized carbons (Fsp3) is 0.300. The summed E-state index contributed by atoms with van der Waals surface area (Å²) < 4.78 is 0. The Kier molecular flexibility index (Phi) is 6.42. The van der Waals surface area contributed by atoms with Crippen LogP contribution in [0.4, 0.5) is 0 Å². The molecule has 1 N–H and O–H groups in total. The minimum absolute atomic E-state index is 0.750. The van der Waals surface area contributed by atoms with Gasteiger partial charge in [-0.1, -0.05) is 30.3 Å². The number of hydrogen-bond acceptors (Lipinski definition) is 3. The van der Waals surface area contributed by atoms with Gasteiger partial charge in [-0.05, 0) is 19.7 Å². The van der Waals surface area contributed by atoms with E-state index in [0.29, 0.717) is 0 Å². The highest BCUT2D eigenvalue weighted by atomic mass is 16.1. The van der Waals surface area contributed by atoms with Crippen molar-refractivity contribution in [2.24, 2.45) is 0 Å². The van der Waals surface area contributed by atoms with Gasteiger partial charge in [0.15, 0.2) is 0 Å². The molecule has 0 amide bonds. The zero-order chi connectivity index (χ0) is 10.1. The SMILES string of the molecule is CN(C)Cc1ccccc1.N=C=O. The number of rotatable bonds is 2. The van der Waals surface area contributed by atoms with Crippen LogP contribution in [0.1, 0.15) is 5.56 Å². The molecule has 1 aromatic rings. The molecular weight excluding hydrogens is 164 g/mol. The van der Waals surface area contributed by atoms with Crippen molar-refractivity contribution < 1.29 is 4.79 Å². The lowest BCUT2D eigenvalue weighted by Gasteiger charge is -2.08. The molecule has 0 aliphatic carbocycles. The molecule has 3 heteroatoms. The van der Waals surface area contributed by atoms with Crippen LogP contribution in [0.15, 0.2) is 30.3 Å². The van der Waals surface area contributed by atoms with Gasteiger partial charge in [-0.2, -0.15) is 0 Å². The smallest absolute Gasteiger partial charge is 0.231 e. The van der Waals surface area contributed by atoms with Gasteiger partial charge < -0.3 is 4.90 Å². The standard InChI is InChI=1S/C9H13N.CHNO/c1-10(2)8-9-6-4-3-5-7-9;2-1-3/h3-7H,8H2,1-2H3;2H. The van der Waals surface area contributed by atoms with Crippen molar-refractivity contribution in [3.05, 3.63) is 35.9 Å². The van der Waals surface area contributed by atoms with Gasteiger partial charge in [-0.3, -0.25) is 0 Å². The summed E-state index contributed by atoms with van der Waals surface area (Å²) in [5, 5.41) is 5.40. The van der Waals surface area contributed by atoms with Crippen molar-refractivity contribution in [3.63, 3.8) is 0 Å². The number of carbonyl (C=O) groups excluding carboxylic acids is 1. The molecule has 0 radical (unpaired) electrons. The third-order valence-electron chi connectivity index (χ3n) is 1.34. The molecule has 0 aromatic heterocycles. The Morgan fingerprint density at radius 3 is 2.15 bits per heavy atom. The molecule has 0 saturated heterocycles. The van der Waals surface area contributed by atoms with Crippen LogP contribution in [0, 0.1) is 5.41 Å². The first-order chi connectivity index (χ1) is 6.20. The van der Waals surface area contributed by atoms with Crippen molar-refractivity contribution in [1.29, 1.82) is 5.41 Å². The van der Waals surface area contributed by atoms with E-state index in [4.69, 9.17) is 10.2 Å². The van der Waals surface area contributed by atoms with E-state index >= 15 is 0 Å². The molecule has 0 atom stereocenters. The van der Waals surface area contributed by atoms with E-state index in [2.05, 4.69) is 43.3 Å². The summed E-state index contributed by atoms with van der Waals surface area (Å²) in [7, 11) is 4.15. The summed E-state index contributed by atoms with van der Waals surface area (Å²) in [5.74, 6) is 0.